The quantitative estimate of drug-likeness (QED) is 0.862. The van der Waals surface area contributed by atoms with E-state index in [0.717, 1.165) is 6.42 Å². The number of nitrogens with two attached hydrogens (primary N) is 1. The van der Waals surface area contributed by atoms with Gasteiger partial charge in [0.2, 0.25) is 10.0 Å². The van der Waals surface area contributed by atoms with Crippen LogP contribution in [0.4, 0.5) is 0 Å². The van der Waals surface area contributed by atoms with Crippen molar-refractivity contribution in [2.45, 2.75) is 30.8 Å². The highest BCUT2D eigenvalue weighted by molar-refractivity contribution is 7.89. The Hall–Kier alpha value is -1.42. The summed E-state index contributed by atoms with van der Waals surface area (Å²) in [4.78, 5) is 0.205. The molecule has 1 unspecified atom stereocenters. The lowest BCUT2D eigenvalue weighted by atomic mass is 10.1. The molecule has 0 aliphatic carbocycles. The summed E-state index contributed by atoms with van der Waals surface area (Å²) in [5.74, 6) is 0. The third-order valence-electron chi connectivity index (χ3n) is 3.17. The summed E-state index contributed by atoms with van der Waals surface area (Å²) < 4.78 is 26.0. The molecule has 1 fully saturated rings. The first kappa shape index (κ1) is 13.0. The fourth-order valence-corrected chi connectivity index (χ4v) is 3.79. The van der Waals surface area contributed by atoms with Crippen LogP contribution in [0.5, 0.6) is 0 Å². The predicted molar refractivity (Wildman–Crippen MR) is 67.0 cm³/mol. The minimum atomic E-state index is -3.54. The Balaban J connectivity index is 2.42. The van der Waals surface area contributed by atoms with Crippen molar-refractivity contribution < 1.29 is 8.42 Å². The molecule has 5 nitrogen and oxygen atoms in total. The molecule has 1 aliphatic heterocycles. The van der Waals surface area contributed by atoms with E-state index in [4.69, 9.17) is 11.0 Å². The maximum atomic E-state index is 12.4. The predicted octanol–water partition coefficient (Wildman–Crippen LogP) is 0.936. The van der Waals surface area contributed by atoms with Crippen LogP contribution in [-0.2, 0) is 10.0 Å². The van der Waals surface area contributed by atoms with Gasteiger partial charge in [-0.3, -0.25) is 0 Å². The standard InChI is InChI=1S/C12H15N3O2S/c1-9-7-11(5-4-10(9)8-13)18(16,17)15-6-2-3-12(15)14/h4-5,7,12H,2-3,6,14H2,1H3. The molecule has 2 rings (SSSR count). The first-order valence-electron chi connectivity index (χ1n) is 5.75. The van der Waals surface area contributed by atoms with Gasteiger partial charge in [0.1, 0.15) is 0 Å². The van der Waals surface area contributed by atoms with Crippen LogP contribution >= 0.6 is 0 Å². The average molecular weight is 265 g/mol. The third kappa shape index (κ3) is 2.12. The highest BCUT2D eigenvalue weighted by atomic mass is 32.2. The van der Waals surface area contributed by atoms with Crippen molar-refractivity contribution in [2.75, 3.05) is 6.54 Å². The maximum absolute atomic E-state index is 12.4. The van der Waals surface area contributed by atoms with Crippen LogP contribution in [0.1, 0.15) is 24.0 Å². The van der Waals surface area contributed by atoms with Crippen LogP contribution in [0.3, 0.4) is 0 Å². The van der Waals surface area contributed by atoms with Crippen molar-refractivity contribution >= 4 is 10.0 Å². The monoisotopic (exact) mass is 265 g/mol. The van der Waals surface area contributed by atoms with Crippen molar-refractivity contribution in [3.05, 3.63) is 29.3 Å². The highest BCUT2D eigenvalue weighted by Gasteiger charge is 2.33. The van der Waals surface area contributed by atoms with Crippen LogP contribution in [-0.4, -0.2) is 25.4 Å². The number of benzene rings is 1. The van der Waals surface area contributed by atoms with Gasteiger partial charge in [-0.2, -0.15) is 9.57 Å². The van der Waals surface area contributed by atoms with Crippen LogP contribution in [0, 0.1) is 18.3 Å². The second-order valence-electron chi connectivity index (χ2n) is 4.41. The number of sulfonamides is 1. The minimum absolute atomic E-state index is 0.205. The van der Waals surface area contributed by atoms with Gasteiger partial charge in [0.25, 0.3) is 0 Å². The van der Waals surface area contributed by atoms with Gasteiger partial charge in [-0.25, -0.2) is 8.42 Å². The van der Waals surface area contributed by atoms with Crippen LogP contribution in [0.25, 0.3) is 0 Å². The summed E-state index contributed by atoms with van der Waals surface area (Å²) in [5.41, 5.74) is 6.94. The first-order valence-corrected chi connectivity index (χ1v) is 7.19. The van der Waals surface area contributed by atoms with Gasteiger partial charge >= 0.3 is 0 Å². The zero-order chi connectivity index (χ0) is 13.3. The molecule has 6 heteroatoms. The largest absolute Gasteiger partial charge is 0.315 e. The second kappa shape index (κ2) is 4.69. The molecule has 0 bridgehead atoms. The van der Waals surface area contributed by atoms with Crippen molar-refractivity contribution in [3.63, 3.8) is 0 Å². The van der Waals surface area contributed by atoms with Gasteiger partial charge in [-0.1, -0.05) is 0 Å². The van der Waals surface area contributed by atoms with Gasteiger partial charge in [-0.15, -0.1) is 0 Å². The SMILES string of the molecule is Cc1cc(S(=O)(=O)N2CCCC2N)ccc1C#N. The van der Waals surface area contributed by atoms with Crippen molar-refractivity contribution in [2.24, 2.45) is 5.73 Å². The van der Waals surface area contributed by atoms with E-state index in [9.17, 15) is 8.42 Å². The lowest BCUT2D eigenvalue weighted by molar-refractivity contribution is 0.396. The fourth-order valence-electron chi connectivity index (χ4n) is 2.12. The molecule has 96 valence electrons. The Morgan fingerprint density at radius 3 is 2.72 bits per heavy atom. The molecular weight excluding hydrogens is 250 g/mol. The Morgan fingerprint density at radius 1 is 1.50 bits per heavy atom. The molecule has 2 N–H and O–H groups in total. The Bertz CT molecular complexity index is 604. The molecule has 0 spiro atoms. The molecule has 0 saturated carbocycles. The molecular formula is C12H15N3O2S. The zero-order valence-electron chi connectivity index (χ0n) is 10.1. The lowest BCUT2D eigenvalue weighted by Crippen LogP contribution is -2.40. The topological polar surface area (TPSA) is 87.2 Å². The minimum Gasteiger partial charge on any atom is -0.315 e. The summed E-state index contributed by atoms with van der Waals surface area (Å²) in [5, 5.41) is 8.84. The van der Waals surface area contributed by atoms with Crippen LogP contribution < -0.4 is 5.73 Å². The van der Waals surface area contributed by atoms with Crippen LogP contribution in [0.15, 0.2) is 23.1 Å². The molecule has 0 amide bonds. The zero-order valence-corrected chi connectivity index (χ0v) is 10.9. The number of rotatable bonds is 2. The molecule has 0 radical (unpaired) electrons. The van der Waals surface area contributed by atoms with Crippen molar-refractivity contribution in [1.82, 2.24) is 4.31 Å². The van der Waals surface area contributed by atoms with Gasteiger partial charge in [0.15, 0.2) is 0 Å². The molecule has 1 atom stereocenters. The lowest BCUT2D eigenvalue weighted by Gasteiger charge is -2.20. The molecule has 1 saturated heterocycles. The van der Waals surface area contributed by atoms with E-state index in [2.05, 4.69) is 0 Å². The molecule has 18 heavy (non-hydrogen) atoms. The highest BCUT2D eigenvalue weighted by Crippen LogP contribution is 2.24. The smallest absolute Gasteiger partial charge is 0.244 e. The molecule has 1 aromatic carbocycles. The maximum Gasteiger partial charge on any atom is 0.244 e. The van der Waals surface area contributed by atoms with Crippen molar-refractivity contribution in [1.29, 1.82) is 5.26 Å². The van der Waals surface area contributed by atoms with E-state index in [-0.39, 0.29) is 4.90 Å². The molecule has 1 aromatic rings. The Morgan fingerprint density at radius 2 is 2.22 bits per heavy atom. The van der Waals surface area contributed by atoms with Crippen molar-refractivity contribution in [3.8, 4) is 6.07 Å². The van der Waals surface area contributed by atoms with Gasteiger partial charge in [0, 0.05) is 6.54 Å². The van der Waals surface area contributed by atoms with Gasteiger partial charge in [-0.05, 0) is 43.5 Å². The number of aryl methyl sites for hydroxylation is 1. The van der Waals surface area contributed by atoms with E-state index in [0.29, 0.717) is 24.1 Å². The van der Waals surface area contributed by atoms with Gasteiger partial charge in [0.05, 0.1) is 22.7 Å². The summed E-state index contributed by atoms with van der Waals surface area (Å²) >= 11 is 0. The Kier molecular flexibility index (Phi) is 3.39. The van der Waals surface area contributed by atoms with E-state index in [1.54, 1.807) is 6.92 Å². The van der Waals surface area contributed by atoms with Crippen LogP contribution in [0.2, 0.25) is 0 Å². The molecule has 1 aliphatic rings. The fraction of sp³-hybridized carbons (Fsp3) is 0.417. The summed E-state index contributed by atoms with van der Waals surface area (Å²) in [7, 11) is -3.54. The van der Waals surface area contributed by atoms with E-state index in [1.165, 1.54) is 22.5 Å². The number of hydrogen-bond acceptors (Lipinski definition) is 4. The normalized spacial score (nSPS) is 20.8. The molecule has 0 aromatic heterocycles. The Labute approximate surface area is 107 Å². The summed E-state index contributed by atoms with van der Waals surface area (Å²) in [6, 6.07) is 6.54. The average Bonchev–Trinajstić information content (AvgIpc) is 2.76. The number of hydrogen-bond donors (Lipinski definition) is 1. The van der Waals surface area contributed by atoms with Gasteiger partial charge < -0.3 is 5.73 Å². The molecule has 1 heterocycles. The first-order chi connectivity index (χ1) is 8.46. The van der Waals surface area contributed by atoms with E-state index < -0.39 is 16.2 Å². The second-order valence-corrected chi connectivity index (χ2v) is 6.30. The number of nitrogens with zero attached hydrogens (tertiary/aromatic N) is 2. The van der Waals surface area contributed by atoms with E-state index in [1.807, 2.05) is 6.07 Å². The van der Waals surface area contributed by atoms with E-state index >= 15 is 0 Å². The summed E-state index contributed by atoms with van der Waals surface area (Å²) in [6.45, 7) is 2.18. The number of nitriles is 1. The summed E-state index contributed by atoms with van der Waals surface area (Å²) in [6.07, 6.45) is 1.04. The third-order valence-corrected chi connectivity index (χ3v) is 5.09.